The molecule has 0 saturated carbocycles. The number of nitrogens with zero attached hydrogens (tertiary/aromatic N) is 1. The van der Waals surface area contributed by atoms with Crippen molar-refractivity contribution in [2.45, 2.75) is 30.9 Å². The summed E-state index contributed by atoms with van der Waals surface area (Å²) in [5.41, 5.74) is 2.00. The zero-order valence-corrected chi connectivity index (χ0v) is 22.3. The molecule has 5 rings (SSSR count). The molecule has 0 aromatic heterocycles. The fourth-order valence-corrected chi connectivity index (χ4v) is 5.19. The first kappa shape index (κ1) is 26.8. The van der Waals surface area contributed by atoms with Gasteiger partial charge in [0.05, 0.1) is 26.2 Å². The number of carbonyl (C=O) groups excluding carboxylic acids is 1. The SMILES string of the molecule is COc1ccc(OCCC(=O)NC(CN2CC[C@H](c3ccccc3)C2)[C@H](O)c2ccc3c(c2)OCCO3)cc1. The molecule has 39 heavy (non-hydrogen) atoms. The van der Waals surface area contributed by atoms with Crippen molar-refractivity contribution in [1.82, 2.24) is 10.2 Å². The van der Waals surface area contributed by atoms with Crippen molar-refractivity contribution in [1.29, 1.82) is 0 Å². The Morgan fingerprint density at radius 3 is 2.54 bits per heavy atom. The summed E-state index contributed by atoms with van der Waals surface area (Å²) in [5, 5.41) is 14.5. The molecule has 3 aromatic carbocycles. The van der Waals surface area contributed by atoms with E-state index in [0.717, 1.165) is 25.3 Å². The lowest BCUT2D eigenvalue weighted by Crippen LogP contribution is -2.47. The monoisotopic (exact) mass is 532 g/mol. The first-order valence-corrected chi connectivity index (χ1v) is 13.5. The molecule has 0 bridgehead atoms. The number of methoxy groups -OCH3 is 1. The first-order chi connectivity index (χ1) is 19.1. The quantitative estimate of drug-likeness (QED) is 0.387. The number of nitrogens with one attached hydrogen (secondary N) is 1. The highest BCUT2D eigenvalue weighted by atomic mass is 16.6. The summed E-state index contributed by atoms with van der Waals surface area (Å²) >= 11 is 0. The van der Waals surface area contributed by atoms with Crippen molar-refractivity contribution in [2.75, 3.05) is 46.6 Å². The van der Waals surface area contributed by atoms with Crippen molar-refractivity contribution in [3.8, 4) is 23.0 Å². The number of aliphatic hydroxyl groups is 1. The summed E-state index contributed by atoms with van der Waals surface area (Å²) in [5.74, 6) is 2.95. The number of carbonyl (C=O) groups is 1. The zero-order valence-electron chi connectivity index (χ0n) is 22.3. The highest BCUT2D eigenvalue weighted by Crippen LogP contribution is 2.34. The molecule has 2 N–H and O–H groups in total. The minimum Gasteiger partial charge on any atom is -0.497 e. The Balaban J connectivity index is 1.23. The topological polar surface area (TPSA) is 89.5 Å². The standard InChI is InChI=1S/C31H36N2O6/c1-36-25-8-10-26(11-9-25)37-16-14-30(34)32-27(21-33-15-13-24(20-33)22-5-3-2-4-6-22)31(35)23-7-12-28-29(19-23)39-18-17-38-28/h2-12,19,24,27,31,35H,13-18,20-21H2,1H3,(H,32,34)/t24-,27?,31+/m0/s1. The molecule has 3 atom stereocenters. The number of hydrogen-bond donors (Lipinski definition) is 2. The van der Waals surface area contributed by atoms with Crippen LogP contribution in [0, 0.1) is 0 Å². The Bertz CT molecular complexity index is 1220. The molecule has 1 fully saturated rings. The highest BCUT2D eigenvalue weighted by Gasteiger charge is 2.30. The maximum Gasteiger partial charge on any atom is 0.223 e. The van der Waals surface area contributed by atoms with E-state index in [-0.39, 0.29) is 18.9 Å². The Morgan fingerprint density at radius 1 is 1.03 bits per heavy atom. The van der Waals surface area contributed by atoms with Gasteiger partial charge in [0.1, 0.15) is 30.8 Å². The summed E-state index contributed by atoms with van der Waals surface area (Å²) in [6, 6.07) is 22.7. The predicted molar refractivity (Wildman–Crippen MR) is 148 cm³/mol. The highest BCUT2D eigenvalue weighted by molar-refractivity contribution is 5.76. The van der Waals surface area contributed by atoms with Crippen LogP contribution in [0.2, 0.25) is 0 Å². The minimum absolute atomic E-state index is 0.170. The van der Waals surface area contributed by atoms with Crippen LogP contribution in [0.1, 0.15) is 36.0 Å². The van der Waals surface area contributed by atoms with Crippen LogP contribution in [-0.4, -0.2) is 68.5 Å². The molecule has 0 radical (unpaired) electrons. The fourth-order valence-electron chi connectivity index (χ4n) is 5.19. The molecule has 1 amide bonds. The lowest BCUT2D eigenvalue weighted by molar-refractivity contribution is -0.123. The van der Waals surface area contributed by atoms with Crippen molar-refractivity contribution in [3.63, 3.8) is 0 Å². The summed E-state index contributed by atoms with van der Waals surface area (Å²) in [7, 11) is 1.61. The van der Waals surface area contributed by atoms with E-state index in [1.807, 2.05) is 48.5 Å². The van der Waals surface area contributed by atoms with E-state index in [1.54, 1.807) is 7.11 Å². The molecule has 8 nitrogen and oxygen atoms in total. The van der Waals surface area contributed by atoms with E-state index < -0.39 is 12.1 Å². The second kappa shape index (κ2) is 12.9. The molecule has 206 valence electrons. The largest absolute Gasteiger partial charge is 0.497 e. The maximum atomic E-state index is 13.0. The van der Waals surface area contributed by atoms with Gasteiger partial charge >= 0.3 is 0 Å². The third-order valence-corrected chi connectivity index (χ3v) is 7.29. The summed E-state index contributed by atoms with van der Waals surface area (Å²) in [4.78, 5) is 15.3. The average Bonchev–Trinajstić information content (AvgIpc) is 3.45. The van der Waals surface area contributed by atoms with E-state index >= 15 is 0 Å². The van der Waals surface area contributed by atoms with E-state index in [9.17, 15) is 9.90 Å². The molecule has 1 unspecified atom stereocenters. The molecule has 0 spiro atoms. The smallest absolute Gasteiger partial charge is 0.223 e. The third-order valence-electron chi connectivity index (χ3n) is 7.29. The Hall–Kier alpha value is -3.75. The third kappa shape index (κ3) is 7.02. The number of fused-ring (bicyclic) bond motifs is 1. The number of likely N-dealkylation sites (tertiary alicyclic amines) is 1. The predicted octanol–water partition coefficient (Wildman–Crippen LogP) is 3.94. The summed E-state index contributed by atoms with van der Waals surface area (Å²) in [6.07, 6.45) is 0.298. The average molecular weight is 533 g/mol. The normalized spacial score (nSPS) is 18.3. The van der Waals surface area contributed by atoms with Crippen LogP contribution in [-0.2, 0) is 4.79 Å². The van der Waals surface area contributed by atoms with Gasteiger partial charge in [-0.1, -0.05) is 36.4 Å². The molecule has 1 saturated heterocycles. The Morgan fingerprint density at radius 2 is 1.77 bits per heavy atom. The van der Waals surface area contributed by atoms with Crippen LogP contribution in [0.25, 0.3) is 0 Å². The van der Waals surface area contributed by atoms with Crippen LogP contribution in [0.15, 0.2) is 72.8 Å². The fraction of sp³-hybridized carbons (Fsp3) is 0.387. The minimum atomic E-state index is -0.914. The van der Waals surface area contributed by atoms with E-state index in [0.29, 0.717) is 48.5 Å². The molecule has 8 heteroatoms. The van der Waals surface area contributed by atoms with Gasteiger partial charge in [0.15, 0.2) is 11.5 Å². The summed E-state index contributed by atoms with van der Waals surface area (Å²) in [6.45, 7) is 3.51. The van der Waals surface area contributed by atoms with Crippen LogP contribution in [0.5, 0.6) is 23.0 Å². The molecule has 2 aliphatic rings. The molecular formula is C31H36N2O6. The lowest BCUT2D eigenvalue weighted by Gasteiger charge is -2.29. The summed E-state index contributed by atoms with van der Waals surface area (Å²) < 4.78 is 22.3. The van der Waals surface area contributed by atoms with Gasteiger partial charge in [0.2, 0.25) is 5.91 Å². The number of ether oxygens (including phenoxy) is 4. The van der Waals surface area contributed by atoms with E-state index in [2.05, 4.69) is 34.5 Å². The van der Waals surface area contributed by atoms with Crippen molar-refractivity contribution in [3.05, 3.63) is 83.9 Å². The molecule has 2 aliphatic heterocycles. The van der Waals surface area contributed by atoms with Gasteiger partial charge in [0.25, 0.3) is 0 Å². The molecule has 0 aliphatic carbocycles. The first-order valence-electron chi connectivity index (χ1n) is 13.5. The maximum absolute atomic E-state index is 13.0. The van der Waals surface area contributed by atoms with Crippen molar-refractivity contribution in [2.24, 2.45) is 0 Å². The number of hydrogen-bond acceptors (Lipinski definition) is 7. The lowest BCUT2D eigenvalue weighted by atomic mass is 9.98. The van der Waals surface area contributed by atoms with Crippen LogP contribution >= 0.6 is 0 Å². The van der Waals surface area contributed by atoms with Crippen LogP contribution in [0.3, 0.4) is 0 Å². The van der Waals surface area contributed by atoms with Gasteiger partial charge < -0.3 is 34.3 Å². The van der Waals surface area contributed by atoms with Gasteiger partial charge in [-0.25, -0.2) is 0 Å². The molecule has 3 aromatic rings. The van der Waals surface area contributed by atoms with Gasteiger partial charge in [0, 0.05) is 13.1 Å². The van der Waals surface area contributed by atoms with Crippen LogP contribution in [0.4, 0.5) is 0 Å². The number of benzene rings is 3. The second-order valence-electron chi connectivity index (χ2n) is 9.95. The number of aliphatic hydroxyl groups excluding tert-OH is 1. The van der Waals surface area contributed by atoms with Gasteiger partial charge in [-0.05, 0) is 66.4 Å². The van der Waals surface area contributed by atoms with Gasteiger partial charge in [-0.2, -0.15) is 0 Å². The Kier molecular flexibility index (Phi) is 8.85. The number of amides is 1. The van der Waals surface area contributed by atoms with E-state index in [1.165, 1.54) is 5.56 Å². The number of rotatable bonds is 11. The molecular weight excluding hydrogens is 496 g/mol. The van der Waals surface area contributed by atoms with Crippen molar-refractivity contribution < 1.29 is 28.8 Å². The van der Waals surface area contributed by atoms with Crippen LogP contribution < -0.4 is 24.3 Å². The van der Waals surface area contributed by atoms with Gasteiger partial charge in [-0.15, -0.1) is 0 Å². The van der Waals surface area contributed by atoms with E-state index in [4.69, 9.17) is 18.9 Å². The molecule has 2 heterocycles. The van der Waals surface area contributed by atoms with Crippen molar-refractivity contribution >= 4 is 5.91 Å². The zero-order chi connectivity index (χ0) is 27.0. The Labute approximate surface area is 229 Å². The van der Waals surface area contributed by atoms with Gasteiger partial charge in [-0.3, -0.25) is 4.79 Å². The second-order valence-corrected chi connectivity index (χ2v) is 9.95.